The number of ether oxygens (including phenoxy) is 3. The lowest BCUT2D eigenvalue weighted by atomic mass is 9.63. The van der Waals surface area contributed by atoms with Crippen LogP contribution in [0.5, 0.6) is 5.75 Å². The van der Waals surface area contributed by atoms with Gasteiger partial charge < -0.3 is 23.5 Å². The van der Waals surface area contributed by atoms with E-state index in [1.54, 1.807) is 33.3 Å². The lowest BCUT2D eigenvalue weighted by molar-refractivity contribution is -0.0777. The van der Waals surface area contributed by atoms with E-state index >= 15 is 0 Å². The third-order valence-electron chi connectivity index (χ3n) is 12.3. The van der Waals surface area contributed by atoms with Crippen LogP contribution in [0.1, 0.15) is 84.8 Å². The molecule has 1 N–H and O–H groups in total. The van der Waals surface area contributed by atoms with Gasteiger partial charge in [0.1, 0.15) is 17.2 Å². The number of halogens is 1. The minimum atomic E-state index is -3.99. The predicted molar refractivity (Wildman–Crippen MR) is 201 cm³/mol. The molecule has 0 radical (unpaired) electrons. The average molecular weight is 752 g/mol. The van der Waals surface area contributed by atoms with Crippen molar-refractivity contribution in [2.45, 2.75) is 88.6 Å². The standard InChI is InChI=1S/C40H50ClN3O7S/c1-25-8-6-17-40(49-5,20-37-42-34(22-48-4)26(2)51-37)33-13-10-30(33)21-44-23-39(16-7-9-28-18-31(41)12-14-32(28)39)24-50-36-15-11-29(19-35(36)44)38(45)43-52(46,47)27(25)3/h6,11-12,14-15,17-19,25,27,30,33H,7-10,13,16,20-24H2,1-5H3,(H,43,45)/b17-6-/t25-,27+,30-,33+,39-,40+/m0/s1. The van der Waals surface area contributed by atoms with Crippen molar-refractivity contribution in [3.05, 3.63) is 87.6 Å². The summed E-state index contributed by atoms with van der Waals surface area (Å²) in [6, 6.07) is 11.5. The number of aromatic nitrogens is 1. The molecule has 1 fully saturated rings. The third-order valence-corrected chi connectivity index (χ3v) is 14.4. The van der Waals surface area contributed by atoms with E-state index in [0.29, 0.717) is 50.8 Å². The largest absolute Gasteiger partial charge is 0.490 e. The number of benzene rings is 2. The summed E-state index contributed by atoms with van der Waals surface area (Å²) in [6.45, 7) is 7.64. The summed E-state index contributed by atoms with van der Waals surface area (Å²) in [7, 11) is -0.606. The number of nitrogens with zero attached hydrogens (tertiary/aromatic N) is 2. The first-order valence-corrected chi connectivity index (χ1v) is 20.3. The van der Waals surface area contributed by atoms with E-state index in [4.69, 9.17) is 35.2 Å². The third kappa shape index (κ3) is 6.90. The number of sulfonamides is 1. The van der Waals surface area contributed by atoms with Crippen molar-refractivity contribution in [3.63, 3.8) is 0 Å². The van der Waals surface area contributed by atoms with Crippen LogP contribution in [0.25, 0.3) is 0 Å². The molecular formula is C40H50ClN3O7S. The molecule has 4 aliphatic rings. The first-order chi connectivity index (χ1) is 24.9. The van der Waals surface area contributed by atoms with Crippen LogP contribution in [0.15, 0.2) is 53.0 Å². The first-order valence-electron chi connectivity index (χ1n) is 18.4. The molecule has 280 valence electrons. The van der Waals surface area contributed by atoms with E-state index < -0.39 is 26.8 Å². The number of anilines is 1. The fourth-order valence-corrected chi connectivity index (χ4v) is 10.4. The van der Waals surface area contributed by atoms with E-state index in [1.165, 1.54) is 11.1 Å². The minimum Gasteiger partial charge on any atom is -0.490 e. The summed E-state index contributed by atoms with van der Waals surface area (Å²) >= 11 is 6.48. The molecular weight excluding hydrogens is 702 g/mol. The Labute approximate surface area is 312 Å². The molecule has 2 aromatic carbocycles. The normalized spacial score (nSPS) is 30.7. The molecule has 1 saturated carbocycles. The number of hydrogen-bond donors (Lipinski definition) is 1. The molecule has 0 unspecified atom stereocenters. The second-order valence-corrected chi connectivity index (χ2v) is 17.9. The number of carbonyl (C=O) groups is 1. The number of oxazole rings is 1. The van der Waals surface area contributed by atoms with Gasteiger partial charge in [-0.2, -0.15) is 0 Å². The Morgan fingerprint density at radius 1 is 1.13 bits per heavy atom. The van der Waals surface area contributed by atoms with Crippen LogP contribution in [0.4, 0.5) is 5.69 Å². The van der Waals surface area contributed by atoms with E-state index in [-0.39, 0.29) is 28.7 Å². The van der Waals surface area contributed by atoms with Gasteiger partial charge in [0.2, 0.25) is 10.0 Å². The van der Waals surface area contributed by atoms with Crippen LogP contribution < -0.4 is 14.4 Å². The second kappa shape index (κ2) is 14.5. The number of fused-ring (bicyclic) bond motifs is 4. The van der Waals surface area contributed by atoms with E-state index in [9.17, 15) is 13.2 Å². The van der Waals surface area contributed by atoms with E-state index in [0.717, 1.165) is 54.3 Å². The predicted octanol–water partition coefficient (Wildman–Crippen LogP) is 6.95. The molecule has 3 aromatic rings. The Kier molecular flexibility index (Phi) is 10.3. The maximum Gasteiger partial charge on any atom is 0.264 e. The van der Waals surface area contributed by atoms with Gasteiger partial charge in [0, 0.05) is 43.3 Å². The van der Waals surface area contributed by atoms with Gasteiger partial charge in [-0.15, -0.1) is 0 Å². The number of methoxy groups -OCH3 is 2. The molecule has 3 heterocycles. The number of hydrogen-bond acceptors (Lipinski definition) is 9. The number of amides is 1. The summed E-state index contributed by atoms with van der Waals surface area (Å²) < 4.78 is 54.3. The van der Waals surface area contributed by atoms with Gasteiger partial charge in [0.15, 0.2) is 5.89 Å². The monoisotopic (exact) mass is 751 g/mol. The highest BCUT2D eigenvalue weighted by Gasteiger charge is 2.50. The van der Waals surface area contributed by atoms with Crippen LogP contribution in [0, 0.1) is 24.7 Å². The number of carbonyl (C=O) groups excluding carboxylic acids is 1. The molecule has 2 aliphatic heterocycles. The van der Waals surface area contributed by atoms with E-state index in [2.05, 4.69) is 27.8 Å². The number of aryl methyl sites for hydroxylation is 2. The van der Waals surface area contributed by atoms with Gasteiger partial charge in [0.05, 0.1) is 36.2 Å². The summed E-state index contributed by atoms with van der Waals surface area (Å²) in [5, 5.41) is -0.0985. The van der Waals surface area contributed by atoms with Gasteiger partial charge in [-0.25, -0.2) is 18.1 Å². The number of rotatable bonds is 5. The van der Waals surface area contributed by atoms with Gasteiger partial charge in [0.25, 0.3) is 5.91 Å². The van der Waals surface area contributed by atoms with Crippen molar-refractivity contribution < 1.29 is 31.8 Å². The van der Waals surface area contributed by atoms with Gasteiger partial charge in [-0.05, 0) is 112 Å². The van der Waals surface area contributed by atoms with Gasteiger partial charge >= 0.3 is 0 Å². The Morgan fingerprint density at radius 3 is 2.71 bits per heavy atom. The van der Waals surface area contributed by atoms with Crippen LogP contribution in [0.2, 0.25) is 5.02 Å². The maximum absolute atomic E-state index is 13.6. The lowest BCUT2D eigenvalue weighted by Gasteiger charge is -2.50. The molecule has 2 bridgehead atoms. The zero-order valence-corrected chi connectivity index (χ0v) is 32.3. The Morgan fingerprint density at radius 2 is 1.96 bits per heavy atom. The molecule has 52 heavy (non-hydrogen) atoms. The van der Waals surface area contributed by atoms with Crippen molar-refractivity contribution in [1.82, 2.24) is 9.71 Å². The molecule has 1 aromatic heterocycles. The van der Waals surface area contributed by atoms with Crippen molar-refractivity contribution in [2.24, 2.45) is 17.8 Å². The number of nitrogens with one attached hydrogen (secondary N) is 1. The minimum absolute atomic E-state index is 0.115. The highest BCUT2D eigenvalue weighted by Crippen LogP contribution is 2.50. The molecule has 2 aliphatic carbocycles. The fourth-order valence-electron chi connectivity index (χ4n) is 8.91. The SMILES string of the molecule is COCc1nc(C[C@]2(OC)/C=C\C[C@H](C)[C@@H](C)S(=O)(=O)NC(=O)c3ccc4c(c3)N(C[C@@H]3CC[C@H]32)C[C@@]2(CCCc3cc(Cl)ccc32)CO4)oc1C. The Bertz CT molecular complexity index is 1960. The van der Waals surface area contributed by atoms with Crippen LogP contribution in [-0.2, 0) is 44.4 Å². The maximum atomic E-state index is 13.6. The summed E-state index contributed by atoms with van der Waals surface area (Å²) in [5.74, 6) is 1.40. The van der Waals surface area contributed by atoms with Crippen molar-refractivity contribution >= 4 is 33.2 Å². The van der Waals surface area contributed by atoms with Crippen LogP contribution >= 0.6 is 11.6 Å². The molecule has 12 heteroatoms. The topological polar surface area (TPSA) is 120 Å². The second-order valence-electron chi connectivity index (χ2n) is 15.4. The molecule has 6 atom stereocenters. The summed E-state index contributed by atoms with van der Waals surface area (Å²) in [4.78, 5) is 20.8. The summed E-state index contributed by atoms with van der Waals surface area (Å²) in [6.07, 6.45) is 9.90. The van der Waals surface area contributed by atoms with Gasteiger partial charge in [-0.3, -0.25) is 4.79 Å². The zero-order valence-electron chi connectivity index (χ0n) is 30.7. The summed E-state index contributed by atoms with van der Waals surface area (Å²) in [5.41, 5.74) is 3.26. The van der Waals surface area contributed by atoms with Crippen molar-refractivity contribution in [3.8, 4) is 5.75 Å². The molecule has 7 rings (SSSR count). The Balaban J connectivity index is 1.33. The molecule has 10 nitrogen and oxygen atoms in total. The quantitative estimate of drug-likeness (QED) is 0.276. The fraction of sp³-hybridized carbons (Fsp3) is 0.550. The zero-order chi connectivity index (χ0) is 36.8. The molecule has 1 amide bonds. The first kappa shape index (κ1) is 37.0. The Hall–Kier alpha value is -3.38. The van der Waals surface area contributed by atoms with E-state index in [1.807, 2.05) is 32.1 Å². The van der Waals surface area contributed by atoms with Crippen molar-refractivity contribution in [1.29, 1.82) is 0 Å². The van der Waals surface area contributed by atoms with Gasteiger partial charge in [-0.1, -0.05) is 36.7 Å². The molecule has 0 saturated heterocycles. The lowest BCUT2D eigenvalue weighted by Crippen LogP contribution is -2.54. The van der Waals surface area contributed by atoms with Crippen LogP contribution in [0.3, 0.4) is 0 Å². The highest BCUT2D eigenvalue weighted by atomic mass is 35.5. The van der Waals surface area contributed by atoms with Crippen molar-refractivity contribution in [2.75, 3.05) is 38.8 Å². The average Bonchev–Trinajstić information content (AvgIpc) is 3.36. The molecule has 1 spiro atoms. The smallest absolute Gasteiger partial charge is 0.264 e. The van der Waals surface area contributed by atoms with Crippen LogP contribution in [-0.4, -0.2) is 64.1 Å². The highest BCUT2D eigenvalue weighted by molar-refractivity contribution is 7.90. The number of allylic oxidation sites excluding steroid dienone is 1.